The van der Waals surface area contributed by atoms with E-state index in [1.54, 1.807) is 0 Å². The first-order valence-corrected chi connectivity index (χ1v) is 17.7. The maximum atomic E-state index is 10.4. The lowest BCUT2D eigenvalue weighted by Crippen LogP contribution is -2.16. The lowest BCUT2D eigenvalue weighted by Gasteiger charge is -2.33. The molecule has 4 heteroatoms. The van der Waals surface area contributed by atoms with E-state index in [1.807, 2.05) is 0 Å². The summed E-state index contributed by atoms with van der Waals surface area (Å²) in [5, 5.41) is -3.81. The molecule has 0 bridgehead atoms. The zero-order valence-electron chi connectivity index (χ0n) is 67.8. The minimum absolute atomic E-state index is 0.348. The number of anilines is 9. The molecule has 1 aromatic heterocycles. The Kier molecular flexibility index (Phi) is 3.57. The van der Waals surface area contributed by atoms with Gasteiger partial charge in [-0.05, 0) is 125 Å². The number of benzene rings is 10. The summed E-state index contributed by atoms with van der Waals surface area (Å²) in [5.41, 5.74) is -12.3. The molecule has 0 atom stereocenters. The third-order valence-corrected chi connectivity index (χ3v) is 9.24. The molecule has 0 aliphatic heterocycles. The molecule has 10 aromatic carbocycles. The lowest BCUT2D eigenvalue weighted by atomic mass is 9.96. The van der Waals surface area contributed by atoms with E-state index in [2.05, 4.69) is 0 Å². The van der Waals surface area contributed by atoms with Crippen LogP contribution in [-0.4, -0.2) is 0 Å². The van der Waals surface area contributed by atoms with Crippen molar-refractivity contribution in [2.24, 2.45) is 0 Å². The number of furan rings is 1. The molecule has 0 amide bonds. The summed E-state index contributed by atoms with van der Waals surface area (Å²) in [7, 11) is 0. The second-order valence-electron chi connectivity index (χ2n) is 12.6. The molecular weight excluding hydrogens is 743 g/mol. The highest BCUT2D eigenvalue weighted by Gasteiger charge is 2.24. The average molecular weight is 821 g/mol. The molecule has 0 spiro atoms. The molecule has 11 rings (SSSR count). The maximum Gasteiger partial charge on any atom is 0.143 e. The molecule has 4 nitrogen and oxygen atoms in total. The van der Waals surface area contributed by atoms with Crippen LogP contribution in [0, 0.1) is 6.92 Å². The number of para-hydroxylation sites is 5. The van der Waals surface area contributed by atoms with E-state index in [0.717, 1.165) is 6.92 Å². The minimum Gasteiger partial charge on any atom is -0.455 e. The number of fused-ring (bicyclic) bond motifs is 8. The Morgan fingerprint density at radius 1 is 0.344 bits per heavy atom. The van der Waals surface area contributed by atoms with Gasteiger partial charge in [-0.2, -0.15) is 0 Å². The Balaban J connectivity index is 1.39. The smallest absolute Gasteiger partial charge is 0.143 e. The third-order valence-electron chi connectivity index (χ3n) is 9.24. The van der Waals surface area contributed by atoms with Crippen LogP contribution in [0.15, 0.2) is 234 Å². The van der Waals surface area contributed by atoms with E-state index in [-0.39, 0.29) is 0 Å². The topological polar surface area (TPSA) is 22.9 Å². The molecule has 0 aliphatic carbocycles. The molecule has 1 heterocycles. The fraction of sp³-hybridized carbons (Fsp3) is 0.0175. The van der Waals surface area contributed by atoms with Crippen LogP contribution in [0.1, 0.15) is 56.3 Å². The monoisotopic (exact) mass is 821 g/mol. The fourth-order valence-corrected chi connectivity index (χ4v) is 6.72. The summed E-state index contributed by atoms with van der Waals surface area (Å²) in [6, 6.07) is -40.9. The molecule has 0 fully saturated rings. The van der Waals surface area contributed by atoms with Crippen LogP contribution in [0.5, 0.6) is 0 Å². The van der Waals surface area contributed by atoms with E-state index in [1.165, 1.54) is 0 Å². The van der Waals surface area contributed by atoms with Crippen molar-refractivity contribution in [3.05, 3.63) is 235 Å². The van der Waals surface area contributed by atoms with Crippen molar-refractivity contribution in [1.29, 1.82) is 0 Å². The van der Waals surface area contributed by atoms with Gasteiger partial charge in [-0.15, -0.1) is 0 Å². The summed E-state index contributed by atoms with van der Waals surface area (Å²) >= 11 is 0. The SMILES string of the molecule is [2H]c1cc(N(c2c([2H])c([2H])c([2H])c([2H])c2[2H])c2c([2H])c([2H])c([2H])c([2H])c2[2H])c([2H])c(N(c2c([2H])c([2H])c([2H])c([2H])c2[2H])c2c([2H])c([2H])c([2H])c(N(c3c([2H])c([2H])c([2H])c([2H])c3[2H])c3c([2H])c([2H])c4c5c([2H])c([2H])c([2H])c([2H])c5c5oc6c([2H])c([2H])c([2H])c([2H])c6c5c4c3[2H])c2C)c1[2H]. The van der Waals surface area contributed by atoms with Crippen LogP contribution < -0.4 is 14.7 Å². The van der Waals surface area contributed by atoms with E-state index in [4.69, 9.17) is 34.6 Å². The van der Waals surface area contributed by atoms with Crippen LogP contribution >= 0.6 is 0 Å². The fourth-order valence-electron chi connectivity index (χ4n) is 6.72. The molecule has 0 saturated heterocycles. The van der Waals surface area contributed by atoms with E-state index in [0.29, 0.717) is 20.8 Å². The Hall–Kier alpha value is -8.08. The first kappa shape index (κ1) is 14.3. The van der Waals surface area contributed by atoms with Gasteiger partial charge in [0.05, 0.1) is 62.1 Å². The highest BCUT2D eigenvalue weighted by Crippen LogP contribution is 2.47. The van der Waals surface area contributed by atoms with Gasteiger partial charge in [-0.3, -0.25) is 0 Å². The summed E-state index contributed by atoms with van der Waals surface area (Å²) in [6.45, 7) is 0.924. The van der Waals surface area contributed by atoms with Crippen LogP contribution in [0.3, 0.4) is 0 Å². The molecule has 0 aliphatic rings. The lowest BCUT2D eigenvalue weighted by molar-refractivity contribution is 0.673. The highest BCUT2D eigenvalue weighted by molar-refractivity contribution is 6.30. The largest absolute Gasteiger partial charge is 0.455 e. The molecular formula is C57H41N3O. The molecule has 0 radical (unpaired) electrons. The zero-order chi connectivity index (χ0) is 72.9. The second kappa shape index (κ2) is 15.3. The van der Waals surface area contributed by atoms with Crippen molar-refractivity contribution in [3.8, 4) is 0 Å². The van der Waals surface area contributed by atoms with Crippen molar-refractivity contribution >= 4 is 94.7 Å². The van der Waals surface area contributed by atoms with Crippen LogP contribution in [0.4, 0.5) is 51.2 Å². The highest BCUT2D eigenvalue weighted by atomic mass is 16.3. The molecule has 61 heavy (non-hydrogen) atoms. The summed E-state index contributed by atoms with van der Waals surface area (Å²) < 4.78 is 345. The normalized spacial score (nSPS) is 19.9. The predicted octanol–water partition coefficient (Wildman–Crippen LogP) is 16.6. The Morgan fingerprint density at radius 3 is 1.39 bits per heavy atom. The van der Waals surface area contributed by atoms with Gasteiger partial charge in [0.2, 0.25) is 0 Å². The predicted molar refractivity (Wildman–Crippen MR) is 258 cm³/mol. The average Bonchev–Trinajstić information content (AvgIpc) is 1.34. The molecule has 0 saturated carbocycles. The van der Waals surface area contributed by atoms with Gasteiger partial charge < -0.3 is 19.1 Å². The molecule has 11 aromatic rings. The number of rotatable bonds is 9. The van der Waals surface area contributed by atoms with Gasteiger partial charge in [-0.1, -0.05) is 133 Å². The maximum absolute atomic E-state index is 10.4. The van der Waals surface area contributed by atoms with Crippen LogP contribution in [0.25, 0.3) is 43.5 Å². The van der Waals surface area contributed by atoms with Gasteiger partial charge >= 0.3 is 0 Å². The molecule has 290 valence electrons. The molecule has 0 N–H and O–H groups in total. The summed E-state index contributed by atoms with van der Waals surface area (Å²) in [6.07, 6.45) is 0. The summed E-state index contributed by atoms with van der Waals surface area (Å²) in [5.74, 6) is 0. The first-order valence-electron chi connectivity index (χ1n) is 36.2. The van der Waals surface area contributed by atoms with Gasteiger partial charge in [0, 0.05) is 56.0 Å². The Labute approximate surface area is 407 Å². The minimum atomic E-state index is -1.36. The second-order valence-corrected chi connectivity index (χ2v) is 12.6. The van der Waals surface area contributed by atoms with E-state index < -0.39 is 324 Å². The van der Waals surface area contributed by atoms with Crippen molar-refractivity contribution in [1.82, 2.24) is 0 Å². The number of nitrogens with zero attached hydrogens (tertiary/aromatic N) is 3. The molecule has 0 unspecified atom stereocenters. The standard InChI is InChI=1S/C57H41N3O/c1-40-53(59(43-24-10-4-11-25-43)46-29-18-28-45(38-46)58(41-20-6-2-7-21-41)42-22-8-3-9-23-42)33-19-34-54(40)60(44-26-12-5-13-27-44)47-36-37-49-48-30-14-15-31-50(48)57-56(52(49)39-47)51-32-16-17-35-55(51)61-57/h2-39H,1H3/i2D,3D,4D,5D,6D,7D,8D,9D,10D,11D,12D,13D,14D,15D,16D,17D,18D,19D,20D,21D,22D,23D,24D,25D,26D,27D,29D,30D,31D,32D,33D,34D,35D,36D,37D,38D,39D. The Bertz CT molecular complexity index is 5350. The third kappa shape index (κ3) is 6.33. The van der Waals surface area contributed by atoms with Crippen molar-refractivity contribution in [3.63, 3.8) is 0 Å². The Morgan fingerprint density at radius 2 is 0.803 bits per heavy atom. The summed E-state index contributed by atoms with van der Waals surface area (Å²) in [4.78, 5) is 1.14. The number of hydrogen-bond acceptors (Lipinski definition) is 4. The van der Waals surface area contributed by atoms with E-state index in [9.17, 15) is 20.6 Å². The van der Waals surface area contributed by atoms with Gasteiger partial charge in [0.1, 0.15) is 11.2 Å². The van der Waals surface area contributed by atoms with Crippen LogP contribution in [0.2, 0.25) is 0 Å². The zero-order valence-corrected chi connectivity index (χ0v) is 30.8. The van der Waals surface area contributed by atoms with E-state index >= 15 is 0 Å². The van der Waals surface area contributed by atoms with Crippen molar-refractivity contribution in [2.75, 3.05) is 14.7 Å². The van der Waals surface area contributed by atoms with Crippen molar-refractivity contribution in [2.45, 2.75) is 6.92 Å². The van der Waals surface area contributed by atoms with Gasteiger partial charge in [-0.25, -0.2) is 0 Å². The number of hydrogen-bond donors (Lipinski definition) is 0. The van der Waals surface area contributed by atoms with Crippen molar-refractivity contribution < 1.29 is 55.1 Å². The van der Waals surface area contributed by atoms with Gasteiger partial charge in [0.25, 0.3) is 0 Å². The quantitative estimate of drug-likeness (QED) is 0.135. The van der Waals surface area contributed by atoms with Crippen LogP contribution in [-0.2, 0) is 0 Å². The first-order chi connectivity index (χ1) is 45.6. The van der Waals surface area contributed by atoms with Gasteiger partial charge in [0.15, 0.2) is 0 Å².